The fraction of sp³-hybridized carbons (Fsp3) is 0.375. The Balaban J connectivity index is 3.35. The summed E-state index contributed by atoms with van der Waals surface area (Å²) in [7, 11) is 1.54. The van der Waals surface area contributed by atoms with Gasteiger partial charge in [-0.05, 0) is 12.7 Å². The zero-order valence-corrected chi connectivity index (χ0v) is 6.74. The van der Waals surface area contributed by atoms with Crippen molar-refractivity contribution >= 4 is 0 Å². The highest BCUT2D eigenvalue weighted by atomic mass is 16.5. The van der Waals surface area contributed by atoms with Crippen LogP contribution >= 0.6 is 0 Å². The van der Waals surface area contributed by atoms with Crippen LogP contribution in [0.2, 0.25) is 0 Å². The van der Waals surface area contributed by atoms with Crippen molar-refractivity contribution in [3.05, 3.63) is 30.8 Å². The molecule has 0 rings (SSSR count). The summed E-state index contributed by atoms with van der Waals surface area (Å²) < 4.78 is 14.2. The molecule has 0 fully saturated rings. The van der Waals surface area contributed by atoms with E-state index in [4.69, 9.17) is 9.47 Å². The third kappa shape index (κ3) is 8.66. The van der Waals surface area contributed by atoms with Crippen LogP contribution in [-0.4, -0.2) is 13.7 Å². The van der Waals surface area contributed by atoms with Crippen LogP contribution in [0.15, 0.2) is 30.8 Å². The number of hydrogen-bond donors (Lipinski definition) is 0. The molecule has 0 N–H and O–H groups in total. The van der Waals surface area contributed by atoms with Gasteiger partial charge in [-0.3, -0.25) is 0 Å². The maximum absolute atomic E-state index is 4.84. The van der Waals surface area contributed by atoms with E-state index in [9.17, 15) is 0 Å². The van der Waals surface area contributed by atoms with E-state index in [2.05, 4.69) is 10.5 Å². The van der Waals surface area contributed by atoms with Crippen molar-refractivity contribution in [3.63, 3.8) is 0 Å². The van der Waals surface area contributed by atoms with Gasteiger partial charge in [-0.1, -0.05) is 0 Å². The molecule has 0 aliphatic rings. The Hall–Kier alpha value is -1.34. The minimum absolute atomic E-state index is 0.634. The molecule has 0 heterocycles. The second-order valence-electron chi connectivity index (χ2n) is 1.50. The maximum atomic E-state index is 4.84. The Labute approximate surface area is 66.6 Å². The molecule has 0 aromatic carbocycles. The molecule has 0 amide bonds. The molecule has 0 unspecified atom stereocenters. The van der Waals surface area contributed by atoms with Crippen molar-refractivity contribution in [2.24, 2.45) is 0 Å². The van der Waals surface area contributed by atoms with Crippen LogP contribution in [0.5, 0.6) is 0 Å². The summed E-state index contributed by atoms with van der Waals surface area (Å²) in [6, 6.07) is 0. The third-order valence-corrected chi connectivity index (χ3v) is 0.724. The molecular formula is C8H12O3. The summed E-state index contributed by atoms with van der Waals surface area (Å²) in [6.07, 6.45) is 5.61. The minimum Gasteiger partial charge on any atom is -0.501 e. The summed E-state index contributed by atoms with van der Waals surface area (Å²) in [5.74, 6) is 0. The molecule has 0 saturated heterocycles. The second kappa shape index (κ2) is 8.66. The largest absolute Gasteiger partial charge is 0.501 e. The molecule has 0 aliphatic carbocycles. The fourth-order valence-corrected chi connectivity index (χ4v) is 0.325. The quantitative estimate of drug-likeness (QED) is 0.448. The summed E-state index contributed by atoms with van der Waals surface area (Å²) in [5, 5.41) is 0. The number of rotatable bonds is 5. The van der Waals surface area contributed by atoms with Crippen LogP contribution in [0.1, 0.15) is 6.92 Å². The van der Waals surface area contributed by atoms with E-state index in [1.165, 1.54) is 25.0 Å². The molecule has 0 aromatic rings. The van der Waals surface area contributed by atoms with Gasteiger partial charge in [-0.2, -0.15) is 0 Å². The lowest BCUT2D eigenvalue weighted by Crippen LogP contribution is -1.74. The van der Waals surface area contributed by atoms with Crippen molar-refractivity contribution in [1.82, 2.24) is 0 Å². The predicted octanol–water partition coefficient (Wildman–Crippen LogP) is 1.78. The van der Waals surface area contributed by atoms with E-state index in [1.54, 1.807) is 7.11 Å². The average Bonchev–Trinajstić information content (AvgIpc) is 2.03. The zero-order chi connectivity index (χ0) is 8.36. The SMILES string of the molecule is CCOC=C=COC=COC. The van der Waals surface area contributed by atoms with Gasteiger partial charge in [0.15, 0.2) is 0 Å². The molecule has 3 heteroatoms. The molecule has 0 bridgehead atoms. The smallest absolute Gasteiger partial charge is 0.135 e. The van der Waals surface area contributed by atoms with Crippen molar-refractivity contribution in [2.45, 2.75) is 6.92 Å². The molecule has 0 atom stereocenters. The lowest BCUT2D eigenvalue weighted by atomic mass is 10.8. The molecule has 0 spiro atoms. The molecule has 62 valence electrons. The minimum atomic E-state index is 0.634. The summed E-state index contributed by atoms with van der Waals surface area (Å²) in [5.41, 5.74) is 2.64. The van der Waals surface area contributed by atoms with Gasteiger partial charge in [0.1, 0.15) is 25.0 Å². The van der Waals surface area contributed by atoms with E-state index < -0.39 is 0 Å². The van der Waals surface area contributed by atoms with Gasteiger partial charge in [0.25, 0.3) is 0 Å². The van der Waals surface area contributed by atoms with Gasteiger partial charge >= 0.3 is 0 Å². The van der Waals surface area contributed by atoms with Crippen molar-refractivity contribution in [1.29, 1.82) is 0 Å². The summed E-state index contributed by atoms with van der Waals surface area (Å²) >= 11 is 0. The first kappa shape index (κ1) is 9.66. The number of methoxy groups -OCH3 is 1. The van der Waals surface area contributed by atoms with E-state index in [0.29, 0.717) is 6.61 Å². The highest BCUT2D eigenvalue weighted by Crippen LogP contribution is 1.79. The monoisotopic (exact) mass is 156 g/mol. The Morgan fingerprint density at radius 1 is 1.27 bits per heavy atom. The normalized spacial score (nSPS) is 8.55. The van der Waals surface area contributed by atoms with Gasteiger partial charge < -0.3 is 14.2 Å². The Morgan fingerprint density at radius 2 is 2.09 bits per heavy atom. The second-order valence-corrected chi connectivity index (χ2v) is 1.50. The summed E-state index contributed by atoms with van der Waals surface area (Å²) in [4.78, 5) is 0. The topological polar surface area (TPSA) is 27.7 Å². The Morgan fingerprint density at radius 3 is 2.73 bits per heavy atom. The highest BCUT2D eigenvalue weighted by molar-refractivity contribution is 4.74. The average molecular weight is 156 g/mol. The van der Waals surface area contributed by atoms with Crippen molar-refractivity contribution in [3.8, 4) is 0 Å². The molecule has 0 aliphatic heterocycles. The van der Waals surface area contributed by atoms with Crippen LogP contribution in [0.4, 0.5) is 0 Å². The van der Waals surface area contributed by atoms with Gasteiger partial charge in [0.05, 0.1) is 13.7 Å². The van der Waals surface area contributed by atoms with Gasteiger partial charge in [-0.15, -0.1) is 0 Å². The lowest BCUT2D eigenvalue weighted by molar-refractivity contribution is 0.268. The van der Waals surface area contributed by atoms with E-state index in [-0.39, 0.29) is 0 Å². The number of hydrogen-bond acceptors (Lipinski definition) is 3. The first-order chi connectivity index (χ1) is 5.41. The highest BCUT2D eigenvalue weighted by Gasteiger charge is 1.66. The molecule has 11 heavy (non-hydrogen) atoms. The first-order valence-electron chi connectivity index (χ1n) is 3.26. The molecule has 0 saturated carbocycles. The van der Waals surface area contributed by atoms with E-state index >= 15 is 0 Å². The van der Waals surface area contributed by atoms with E-state index in [0.717, 1.165) is 0 Å². The third-order valence-electron chi connectivity index (χ3n) is 0.724. The Kier molecular flexibility index (Phi) is 7.61. The van der Waals surface area contributed by atoms with Crippen LogP contribution in [0.25, 0.3) is 0 Å². The van der Waals surface area contributed by atoms with E-state index in [1.807, 2.05) is 6.92 Å². The van der Waals surface area contributed by atoms with Gasteiger partial charge in [0.2, 0.25) is 0 Å². The lowest BCUT2D eigenvalue weighted by Gasteiger charge is -1.87. The van der Waals surface area contributed by atoms with Gasteiger partial charge in [-0.25, -0.2) is 0 Å². The van der Waals surface area contributed by atoms with Crippen LogP contribution in [0.3, 0.4) is 0 Å². The van der Waals surface area contributed by atoms with Crippen LogP contribution in [0, 0.1) is 0 Å². The van der Waals surface area contributed by atoms with Crippen LogP contribution < -0.4 is 0 Å². The van der Waals surface area contributed by atoms with Crippen molar-refractivity contribution < 1.29 is 14.2 Å². The standard InChI is InChI=1S/C8H12O3/c1-3-10-5-4-6-11-8-7-9-2/h5-8H,3H2,1-2H3. The predicted molar refractivity (Wildman–Crippen MR) is 41.5 cm³/mol. The summed E-state index contributed by atoms with van der Waals surface area (Å²) in [6.45, 7) is 2.53. The van der Waals surface area contributed by atoms with Crippen molar-refractivity contribution in [2.75, 3.05) is 13.7 Å². The molecule has 0 aromatic heterocycles. The zero-order valence-electron chi connectivity index (χ0n) is 6.74. The van der Waals surface area contributed by atoms with Crippen LogP contribution in [-0.2, 0) is 14.2 Å². The molecular weight excluding hydrogens is 144 g/mol. The fourth-order valence-electron chi connectivity index (χ4n) is 0.325. The van der Waals surface area contributed by atoms with Gasteiger partial charge in [0, 0.05) is 0 Å². The molecule has 0 radical (unpaired) electrons. The first-order valence-corrected chi connectivity index (χ1v) is 3.26. The number of ether oxygens (including phenoxy) is 3. The maximum Gasteiger partial charge on any atom is 0.135 e. The molecule has 3 nitrogen and oxygen atoms in total. The Bertz CT molecular complexity index is 155.